The summed E-state index contributed by atoms with van der Waals surface area (Å²) in [6.45, 7) is 3.02. The number of nitrogens with zero attached hydrogens (tertiary/aromatic N) is 2. The van der Waals surface area contributed by atoms with Crippen LogP contribution in [0.4, 0.5) is 5.95 Å². The van der Waals surface area contributed by atoms with E-state index in [1.807, 2.05) is 36.4 Å². The van der Waals surface area contributed by atoms with E-state index in [0.29, 0.717) is 5.95 Å². The van der Waals surface area contributed by atoms with Crippen LogP contribution in [0.5, 0.6) is 0 Å². The van der Waals surface area contributed by atoms with Crippen molar-refractivity contribution >= 4 is 28.6 Å². The molecule has 106 valence electrons. The van der Waals surface area contributed by atoms with Crippen LogP contribution in [0, 0.1) is 0 Å². The molecule has 3 nitrogen and oxygen atoms in total. The van der Waals surface area contributed by atoms with E-state index < -0.39 is 0 Å². The summed E-state index contributed by atoms with van der Waals surface area (Å²) in [5.74, 6) is 0.703. The molecule has 0 amide bonds. The monoisotopic (exact) mass is 295 g/mol. The second-order valence-corrected chi connectivity index (χ2v) is 5.77. The summed E-state index contributed by atoms with van der Waals surface area (Å²) < 4.78 is 0. The quantitative estimate of drug-likeness (QED) is 0.698. The van der Waals surface area contributed by atoms with Crippen LogP contribution in [0.25, 0.3) is 10.9 Å². The number of hydrogen-bond acceptors (Lipinski definition) is 4. The van der Waals surface area contributed by atoms with E-state index >= 15 is 0 Å². The highest BCUT2D eigenvalue weighted by Crippen LogP contribution is 2.32. The maximum Gasteiger partial charge on any atom is 0.224 e. The van der Waals surface area contributed by atoms with Gasteiger partial charge < -0.3 is 5.32 Å². The van der Waals surface area contributed by atoms with Crippen molar-refractivity contribution in [2.45, 2.75) is 23.3 Å². The second-order valence-electron chi connectivity index (χ2n) is 4.71. The fraction of sp³-hybridized carbons (Fsp3) is 0.176. The molecule has 0 radical (unpaired) electrons. The zero-order valence-corrected chi connectivity index (χ0v) is 12.7. The minimum atomic E-state index is 0.703. The summed E-state index contributed by atoms with van der Waals surface area (Å²) >= 11 is 1.67. The maximum atomic E-state index is 4.67. The smallest absolute Gasteiger partial charge is 0.224 e. The van der Waals surface area contributed by atoms with Gasteiger partial charge in [0.25, 0.3) is 0 Å². The molecule has 1 heterocycles. The first kappa shape index (κ1) is 13.9. The molecule has 0 saturated carbocycles. The van der Waals surface area contributed by atoms with Crippen LogP contribution in [-0.2, 0) is 0 Å². The van der Waals surface area contributed by atoms with Gasteiger partial charge in [-0.3, -0.25) is 0 Å². The van der Waals surface area contributed by atoms with Gasteiger partial charge in [-0.2, -0.15) is 0 Å². The molecule has 0 fully saturated rings. The van der Waals surface area contributed by atoms with Crippen molar-refractivity contribution in [2.75, 3.05) is 11.9 Å². The lowest BCUT2D eigenvalue weighted by Crippen LogP contribution is -2.05. The van der Waals surface area contributed by atoms with E-state index in [1.165, 1.54) is 4.90 Å². The van der Waals surface area contributed by atoms with Crippen molar-refractivity contribution in [3.8, 4) is 0 Å². The third-order valence-electron chi connectivity index (χ3n) is 3.06. The highest BCUT2D eigenvalue weighted by molar-refractivity contribution is 7.99. The van der Waals surface area contributed by atoms with Gasteiger partial charge in [0, 0.05) is 16.8 Å². The van der Waals surface area contributed by atoms with E-state index in [2.05, 4.69) is 40.4 Å². The number of anilines is 1. The van der Waals surface area contributed by atoms with Crippen molar-refractivity contribution in [1.29, 1.82) is 0 Å². The Kier molecular flexibility index (Phi) is 4.36. The first-order chi connectivity index (χ1) is 10.4. The number of para-hydroxylation sites is 1. The Morgan fingerprint density at radius 3 is 2.52 bits per heavy atom. The minimum absolute atomic E-state index is 0.703. The molecule has 21 heavy (non-hydrogen) atoms. The van der Waals surface area contributed by atoms with E-state index in [9.17, 15) is 0 Å². The summed E-state index contributed by atoms with van der Waals surface area (Å²) in [6, 6.07) is 18.4. The molecule has 0 aliphatic carbocycles. The van der Waals surface area contributed by atoms with Crippen LogP contribution < -0.4 is 5.32 Å². The fourth-order valence-corrected chi connectivity index (χ4v) is 2.97. The van der Waals surface area contributed by atoms with Crippen LogP contribution in [-0.4, -0.2) is 16.5 Å². The maximum absolute atomic E-state index is 4.67. The van der Waals surface area contributed by atoms with Gasteiger partial charge in [0.05, 0.1) is 5.52 Å². The molecule has 0 spiro atoms. The lowest BCUT2D eigenvalue weighted by molar-refractivity contribution is 0.946. The predicted molar refractivity (Wildman–Crippen MR) is 88.9 cm³/mol. The summed E-state index contributed by atoms with van der Waals surface area (Å²) in [4.78, 5) is 10.4. The zero-order chi connectivity index (χ0) is 14.5. The topological polar surface area (TPSA) is 37.8 Å². The molecule has 0 unspecified atom stereocenters. The van der Waals surface area contributed by atoms with Crippen molar-refractivity contribution in [3.05, 3.63) is 54.6 Å². The van der Waals surface area contributed by atoms with Crippen molar-refractivity contribution in [3.63, 3.8) is 0 Å². The van der Waals surface area contributed by atoms with Crippen LogP contribution >= 0.6 is 11.8 Å². The standard InChI is InChI=1S/C17H17N3S/c1-2-12-18-17-19-15-11-7-6-10-14(15)16(20-17)21-13-8-4-3-5-9-13/h3-11H,2,12H2,1H3,(H,18,19,20). The molecule has 0 aliphatic rings. The van der Waals surface area contributed by atoms with E-state index in [4.69, 9.17) is 0 Å². The van der Waals surface area contributed by atoms with Crippen molar-refractivity contribution < 1.29 is 0 Å². The van der Waals surface area contributed by atoms with Gasteiger partial charge in [0.2, 0.25) is 5.95 Å². The third-order valence-corrected chi connectivity index (χ3v) is 4.07. The van der Waals surface area contributed by atoms with Crippen LogP contribution in [0.15, 0.2) is 64.5 Å². The Hall–Kier alpha value is -2.07. The van der Waals surface area contributed by atoms with E-state index in [1.54, 1.807) is 11.8 Å². The highest BCUT2D eigenvalue weighted by atomic mass is 32.2. The number of fused-ring (bicyclic) bond motifs is 1. The molecule has 1 N–H and O–H groups in total. The Morgan fingerprint density at radius 2 is 1.71 bits per heavy atom. The largest absolute Gasteiger partial charge is 0.354 e. The van der Waals surface area contributed by atoms with Gasteiger partial charge in [0.1, 0.15) is 5.03 Å². The van der Waals surface area contributed by atoms with Gasteiger partial charge in [-0.1, -0.05) is 55.1 Å². The molecule has 0 aliphatic heterocycles. The lowest BCUT2D eigenvalue weighted by atomic mass is 10.2. The van der Waals surface area contributed by atoms with Crippen LogP contribution in [0.2, 0.25) is 0 Å². The molecular weight excluding hydrogens is 278 g/mol. The molecule has 3 aromatic rings. The lowest BCUT2D eigenvalue weighted by Gasteiger charge is -2.09. The first-order valence-electron chi connectivity index (χ1n) is 7.10. The predicted octanol–water partition coefficient (Wildman–Crippen LogP) is 4.60. The van der Waals surface area contributed by atoms with Crippen molar-refractivity contribution in [1.82, 2.24) is 9.97 Å². The SMILES string of the molecule is CCCNc1nc(Sc2ccccc2)c2ccccc2n1. The van der Waals surface area contributed by atoms with Gasteiger partial charge in [-0.05, 0) is 24.6 Å². The normalized spacial score (nSPS) is 10.7. The van der Waals surface area contributed by atoms with Gasteiger partial charge >= 0.3 is 0 Å². The molecule has 0 atom stereocenters. The van der Waals surface area contributed by atoms with Gasteiger partial charge in [-0.15, -0.1) is 0 Å². The summed E-state index contributed by atoms with van der Waals surface area (Å²) in [7, 11) is 0. The number of rotatable bonds is 5. The Labute approximate surface area is 128 Å². The van der Waals surface area contributed by atoms with Gasteiger partial charge in [-0.25, -0.2) is 9.97 Å². The van der Waals surface area contributed by atoms with Crippen LogP contribution in [0.1, 0.15) is 13.3 Å². The van der Waals surface area contributed by atoms with E-state index in [-0.39, 0.29) is 0 Å². The summed E-state index contributed by atoms with van der Waals surface area (Å²) in [5.41, 5.74) is 0.976. The first-order valence-corrected chi connectivity index (χ1v) is 7.92. The summed E-state index contributed by atoms with van der Waals surface area (Å²) in [6.07, 6.45) is 1.05. The molecule has 1 aromatic heterocycles. The number of hydrogen-bond donors (Lipinski definition) is 1. The van der Waals surface area contributed by atoms with Crippen molar-refractivity contribution in [2.24, 2.45) is 0 Å². The molecule has 3 rings (SSSR count). The molecule has 4 heteroatoms. The third kappa shape index (κ3) is 3.34. The minimum Gasteiger partial charge on any atom is -0.354 e. The number of aromatic nitrogens is 2. The Bertz CT molecular complexity index is 728. The molecule has 0 bridgehead atoms. The average Bonchev–Trinajstić information content (AvgIpc) is 2.54. The highest BCUT2D eigenvalue weighted by Gasteiger charge is 2.08. The molecular formula is C17H17N3S. The second kappa shape index (κ2) is 6.59. The molecule has 2 aromatic carbocycles. The Morgan fingerprint density at radius 1 is 0.952 bits per heavy atom. The average molecular weight is 295 g/mol. The number of benzene rings is 2. The van der Waals surface area contributed by atoms with Gasteiger partial charge in [0.15, 0.2) is 0 Å². The fourth-order valence-electron chi connectivity index (χ4n) is 2.04. The Balaban J connectivity index is 2.02. The molecule has 0 saturated heterocycles. The summed E-state index contributed by atoms with van der Waals surface area (Å²) in [5, 5.41) is 5.36. The number of nitrogens with one attached hydrogen (secondary N) is 1. The zero-order valence-electron chi connectivity index (χ0n) is 11.9. The van der Waals surface area contributed by atoms with E-state index in [0.717, 1.165) is 28.9 Å². The van der Waals surface area contributed by atoms with Crippen LogP contribution in [0.3, 0.4) is 0 Å².